The topological polar surface area (TPSA) is 43.2 Å². The molecule has 1 aromatic rings. The summed E-state index contributed by atoms with van der Waals surface area (Å²) in [7, 11) is 5.42. The first-order valence-electron chi connectivity index (χ1n) is 3.32. The van der Waals surface area contributed by atoms with Crippen molar-refractivity contribution in [3.05, 3.63) is 11.9 Å². The van der Waals surface area contributed by atoms with Gasteiger partial charge in [-0.05, 0) is 5.21 Å². The second-order valence-corrected chi connectivity index (χ2v) is 2.41. The lowest BCUT2D eigenvalue weighted by Crippen LogP contribution is -2.25. The average Bonchev–Trinajstić information content (AvgIpc) is 2.37. The highest BCUT2D eigenvalue weighted by atomic mass is 16.5. The van der Waals surface area contributed by atoms with E-state index in [4.69, 9.17) is 4.74 Å². The molecular formula is C6H12N4O. The van der Waals surface area contributed by atoms with E-state index < -0.39 is 0 Å². The summed E-state index contributed by atoms with van der Waals surface area (Å²) in [6, 6.07) is 0. The summed E-state index contributed by atoms with van der Waals surface area (Å²) < 4.78 is 4.89. The zero-order valence-corrected chi connectivity index (χ0v) is 6.98. The minimum atomic E-state index is 0.508. The zero-order valence-electron chi connectivity index (χ0n) is 6.98. The van der Waals surface area contributed by atoms with Gasteiger partial charge in [-0.25, -0.2) is 0 Å². The zero-order chi connectivity index (χ0) is 8.27. The van der Waals surface area contributed by atoms with E-state index in [1.54, 1.807) is 11.9 Å². The van der Waals surface area contributed by atoms with E-state index in [9.17, 15) is 0 Å². The van der Waals surface area contributed by atoms with Gasteiger partial charge in [-0.2, -0.15) is 4.79 Å². The van der Waals surface area contributed by atoms with Gasteiger partial charge in [0, 0.05) is 21.2 Å². The number of hydrogen-bond acceptors (Lipinski definition) is 4. The largest absolute Gasteiger partial charge is 0.378 e. The highest BCUT2D eigenvalue weighted by molar-refractivity contribution is 4.91. The number of rotatable bonds is 3. The summed E-state index contributed by atoms with van der Waals surface area (Å²) >= 11 is 0. The lowest BCUT2D eigenvalue weighted by Gasteiger charge is -2.09. The number of methoxy groups -OCH3 is 1. The standard InChI is InChI=1S/C6H12N4O/c1-9(2)10-4-6(5-11-3)7-8-10/h4H,5H2,1-3H3. The van der Waals surface area contributed by atoms with Crippen molar-refractivity contribution in [2.45, 2.75) is 6.61 Å². The number of hydrogen-bond donors (Lipinski definition) is 0. The Bertz CT molecular complexity index is 220. The van der Waals surface area contributed by atoms with Crippen molar-refractivity contribution in [3.8, 4) is 0 Å². The molecule has 0 bridgehead atoms. The van der Waals surface area contributed by atoms with Crippen LogP contribution in [0.25, 0.3) is 0 Å². The van der Waals surface area contributed by atoms with Crippen LogP contribution in [0.4, 0.5) is 0 Å². The molecule has 0 aliphatic carbocycles. The lowest BCUT2D eigenvalue weighted by atomic mass is 10.5. The maximum Gasteiger partial charge on any atom is 0.111 e. The Morgan fingerprint density at radius 3 is 2.82 bits per heavy atom. The Labute approximate surface area is 65.5 Å². The van der Waals surface area contributed by atoms with Crippen LogP contribution in [0.3, 0.4) is 0 Å². The minimum Gasteiger partial charge on any atom is -0.378 e. The summed E-state index contributed by atoms with van der Waals surface area (Å²) in [5.41, 5.74) is 0.834. The van der Waals surface area contributed by atoms with Gasteiger partial charge in [0.1, 0.15) is 5.69 Å². The third kappa shape index (κ3) is 1.91. The van der Waals surface area contributed by atoms with Crippen LogP contribution in [0, 0.1) is 0 Å². The van der Waals surface area contributed by atoms with Crippen LogP contribution < -0.4 is 5.01 Å². The number of nitrogens with zero attached hydrogens (tertiary/aromatic N) is 4. The normalized spacial score (nSPS) is 10.1. The van der Waals surface area contributed by atoms with Gasteiger partial charge in [-0.1, -0.05) is 0 Å². The minimum absolute atomic E-state index is 0.508. The molecule has 0 atom stereocenters. The van der Waals surface area contributed by atoms with E-state index in [0.29, 0.717) is 6.61 Å². The molecule has 1 aromatic heterocycles. The van der Waals surface area contributed by atoms with E-state index in [-0.39, 0.29) is 0 Å². The molecular weight excluding hydrogens is 144 g/mol. The van der Waals surface area contributed by atoms with E-state index in [1.165, 1.54) is 0 Å². The van der Waals surface area contributed by atoms with Gasteiger partial charge < -0.3 is 9.75 Å². The Hall–Kier alpha value is -1.10. The van der Waals surface area contributed by atoms with Gasteiger partial charge >= 0.3 is 0 Å². The first kappa shape index (κ1) is 8.00. The molecule has 62 valence electrons. The number of aromatic nitrogens is 3. The molecule has 1 heterocycles. The number of ether oxygens (including phenoxy) is 1. The quantitative estimate of drug-likeness (QED) is 0.598. The van der Waals surface area contributed by atoms with Crippen LogP contribution in [-0.4, -0.2) is 36.3 Å². The molecule has 0 spiro atoms. The summed E-state index contributed by atoms with van der Waals surface area (Å²) in [5, 5.41) is 9.55. The van der Waals surface area contributed by atoms with Crippen LogP contribution in [0.2, 0.25) is 0 Å². The predicted octanol–water partition coefficient (Wildman–Crippen LogP) is -0.378. The second-order valence-electron chi connectivity index (χ2n) is 2.41. The third-order valence-corrected chi connectivity index (χ3v) is 1.23. The molecule has 0 amide bonds. The Kier molecular flexibility index (Phi) is 2.43. The van der Waals surface area contributed by atoms with Crippen LogP contribution in [0.1, 0.15) is 5.69 Å². The maximum atomic E-state index is 4.89. The van der Waals surface area contributed by atoms with Crippen LogP contribution in [0.5, 0.6) is 0 Å². The van der Waals surface area contributed by atoms with Gasteiger partial charge in [0.2, 0.25) is 0 Å². The van der Waals surface area contributed by atoms with E-state index in [2.05, 4.69) is 10.3 Å². The third-order valence-electron chi connectivity index (χ3n) is 1.23. The van der Waals surface area contributed by atoms with E-state index in [1.807, 2.05) is 25.3 Å². The van der Waals surface area contributed by atoms with Crippen LogP contribution in [0.15, 0.2) is 6.20 Å². The highest BCUT2D eigenvalue weighted by Crippen LogP contribution is 1.93. The molecule has 0 aliphatic heterocycles. The SMILES string of the molecule is COCc1cn(N(C)C)nn1. The van der Waals surface area contributed by atoms with E-state index >= 15 is 0 Å². The Morgan fingerprint density at radius 2 is 2.36 bits per heavy atom. The fraction of sp³-hybridized carbons (Fsp3) is 0.667. The van der Waals surface area contributed by atoms with Gasteiger partial charge in [-0.3, -0.25) is 0 Å². The van der Waals surface area contributed by atoms with Crippen molar-refractivity contribution in [2.75, 3.05) is 26.2 Å². The molecule has 0 aliphatic rings. The molecule has 5 nitrogen and oxygen atoms in total. The summed E-state index contributed by atoms with van der Waals surface area (Å²) in [5.74, 6) is 0. The molecule has 11 heavy (non-hydrogen) atoms. The molecule has 0 saturated heterocycles. The van der Waals surface area contributed by atoms with Crippen molar-refractivity contribution in [1.82, 2.24) is 15.1 Å². The molecule has 0 saturated carbocycles. The molecule has 1 rings (SSSR count). The van der Waals surface area contributed by atoms with Crippen LogP contribution in [-0.2, 0) is 11.3 Å². The Morgan fingerprint density at radius 1 is 1.64 bits per heavy atom. The first-order chi connectivity index (χ1) is 5.24. The molecule has 0 unspecified atom stereocenters. The first-order valence-corrected chi connectivity index (χ1v) is 3.32. The Balaban J connectivity index is 2.66. The average molecular weight is 156 g/mol. The van der Waals surface area contributed by atoms with Gasteiger partial charge in [-0.15, -0.1) is 5.10 Å². The van der Waals surface area contributed by atoms with Crippen molar-refractivity contribution in [2.24, 2.45) is 0 Å². The van der Waals surface area contributed by atoms with Crippen molar-refractivity contribution < 1.29 is 4.74 Å². The summed E-state index contributed by atoms with van der Waals surface area (Å²) in [6.07, 6.45) is 1.82. The lowest BCUT2D eigenvalue weighted by molar-refractivity contribution is 0.181. The highest BCUT2D eigenvalue weighted by Gasteiger charge is 1.99. The van der Waals surface area contributed by atoms with Gasteiger partial charge in [0.05, 0.1) is 12.8 Å². The molecule has 5 heteroatoms. The summed E-state index contributed by atoms with van der Waals surface area (Å²) in [6.45, 7) is 0.508. The monoisotopic (exact) mass is 156 g/mol. The van der Waals surface area contributed by atoms with Gasteiger partial charge in [0.25, 0.3) is 0 Å². The van der Waals surface area contributed by atoms with Crippen molar-refractivity contribution in [1.29, 1.82) is 0 Å². The fourth-order valence-electron chi connectivity index (χ4n) is 0.698. The van der Waals surface area contributed by atoms with Crippen molar-refractivity contribution in [3.63, 3.8) is 0 Å². The smallest absolute Gasteiger partial charge is 0.111 e. The van der Waals surface area contributed by atoms with Crippen LogP contribution >= 0.6 is 0 Å². The van der Waals surface area contributed by atoms with Crippen molar-refractivity contribution >= 4 is 0 Å². The van der Waals surface area contributed by atoms with E-state index in [0.717, 1.165) is 5.69 Å². The summed E-state index contributed by atoms with van der Waals surface area (Å²) in [4.78, 5) is 1.65. The fourth-order valence-corrected chi connectivity index (χ4v) is 0.698. The second kappa shape index (κ2) is 3.34. The molecule has 0 aromatic carbocycles. The van der Waals surface area contributed by atoms with Gasteiger partial charge in [0.15, 0.2) is 0 Å². The molecule has 0 radical (unpaired) electrons. The molecule has 0 N–H and O–H groups in total. The predicted molar refractivity (Wildman–Crippen MR) is 40.8 cm³/mol. The molecule has 0 fully saturated rings. The maximum absolute atomic E-state index is 4.89.